The highest BCUT2D eigenvalue weighted by Crippen LogP contribution is 2.43. The van der Waals surface area contributed by atoms with E-state index in [4.69, 9.17) is 31.5 Å². The quantitative estimate of drug-likeness (QED) is 0.218. The van der Waals surface area contributed by atoms with Gasteiger partial charge in [0.2, 0.25) is 5.88 Å². The van der Waals surface area contributed by atoms with Gasteiger partial charge in [-0.1, -0.05) is 18.2 Å². The van der Waals surface area contributed by atoms with Crippen molar-refractivity contribution in [1.29, 1.82) is 5.26 Å². The summed E-state index contributed by atoms with van der Waals surface area (Å²) in [7, 11) is 0. The molecule has 162 valence electrons. The van der Waals surface area contributed by atoms with E-state index in [1.807, 2.05) is 6.07 Å². The van der Waals surface area contributed by atoms with Gasteiger partial charge in [0.1, 0.15) is 30.6 Å². The first kappa shape index (κ1) is 23.4. The lowest BCUT2D eigenvalue weighted by atomic mass is 9.83. The minimum atomic E-state index is -1.16. The average molecular weight is 448 g/mol. The molecule has 1 aromatic rings. The summed E-state index contributed by atoms with van der Waals surface area (Å²) in [6.07, 6.45) is 0. The molecule has 0 aromatic heterocycles. The second-order valence-electron chi connectivity index (χ2n) is 6.41. The zero-order valence-electron chi connectivity index (χ0n) is 16.6. The average Bonchev–Trinajstić information content (AvgIpc) is 2.70. The van der Waals surface area contributed by atoms with Crippen LogP contribution in [-0.2, 0) is 23.8 Å². The summed E-state index contributed by atoms with van der Waals surface area (Å²) in [5.41, 5.74) is 5.54. The number of non-ortho nitro benzene ring substituents is 1. The molecule has 0 saturated carbocycles. The lowest BCUT2D eigenvalue weighted by molar-refractivity contribution is -0.384. The maximum atomic E-state index is 12.8. The van der Waals surface area contributed by atoms with Crippen LogP contribution in [0.25, 0.3) is 0 Å². The molecular formula is C20H18ClN3O7. The van der Waals surface area contributed by atoms with E-state index in [0.29, 0.717) is 0 Å². The number of rotatable bonds is 7. The zero-order chi connectivity index (χ0) is 23.3. The van der Waals surface area contributed by atoms with Crippen molar-refractivity contribution in [3.05, 3.63) is 73.8 Å². The van der Waals surface area contributed by atoms with Gasteiger partial charge in [0.15, 0.2) is 0 Å². The van der Waals surface area contributed by atoms with Crippen molar-refractivity contribution < 1.29 is 28.7 Å². The molecule has 0 bridgehead atoms. The second-order valence-corrected chi connectivity index (χ2v) is 6.82. The van der Waals surface area contributed by atoms with Crippen LogP contribution in [-0.4, -0.2) is 30.1 Å². The number of ether oxygens (including phenoxy) is 3. The number of nitro groups is 1. The van der Waals surface area contributed by atoms with Crippen molar-refractivity contribution in [2.75, 3.05) is 13.2 Å². The molecule has 0 saturated heterocycles. The molecule has 0 fully saturated rings. The standard InChI is InChI=1S/C20H18ClN3O7/c1-10(2)19(25)29-6-7-30-20(26)16-11(3)31-18(23)14(9-22)17(16)13-8-12(24(27)28)4-5-15(13)21/h4-5,8,17H,1,6-7,23H2,2-3H3/t17-/m1/s1. The predicted octanol–water partition coefficient (Wildman–Crippen LogP) is 2.99. The highest BCUT2D eigenvalue weighted by molar-refractivity contribution is 6.31. The highest BCUT2D eigenvalue weighted by Gasteiger charge is 2.38. The van der Waals surface area contributed by atoms with Crippen LogP contribution in [0, 0.1) is 21.4 Å². The first-order chi connectivity index (χ1) is 14.6. The summed E-state index contributed by atoms with van der Waals surface area (Å²) in [6.45, 7) is 5.82. The molecule has 0 aliphatic carbocycles. The van der Waals surface area contributed by atoms with Crippen LogP contribution in [0.1, 0.15) is 25.3 Å². The Morgan fingerprint density at radius 1 is 1.39 bits per heavy atom. The third kappa shape index (κ3) is 5.21. The van der Waals surface area contributed by atoms with Crippen LogP contribution < -0.4 is 5.73 Å². The van der Waals surface area contributed by atoms with Gasteiger partial charge in [0, 0.05) is 22.7 Å². The first-order valence-electron chi connectivity index (χ1n) is 8.80. The molecule has 0 spiro atoms. The molecule has 0 radical (unpaired) electrons. The van der Waals surface area contributed by atoms with Crippen LogP contribution in [0.5, 0.6) is 0 Å². The van der Waals surface area contributed by atoms with E-state index in [1.165, 1.54) is 26.0 Å². The van der Waals surface area contributed by atoms with Crippen LogP contribution in [0.4, 0.5) is 5.69 Å². The van der Waals surface area contributed by atoms with Gasteiger partial charge in [-0.3, -0.25) is 10.1 Å². The third-order valence-corrected chi connectivity index (χ3v) is 4.57. The molecule has 2 N–H and O–H groups in total. The molecule has 31 heavy (non-hydrogen) atoms. The largest absolute Gasteiger partial charge is 0.459 e. The van der Waals surface area contributed by atoms with E-state index in [2.05, 4.69) is 6.58 Å². The Morgan fingerprint density at radius 2 is 2.03 bits per heavy atom. The Bertz CT molecular complexity index is 1070. The number of hydrogen-bond acceptors (Lipinski definition) is 9. The highest BCUT2D eigenvalue weighted by atomic mass is 35.5. The fraction of sp³-hybridized carbons (Fsp3) is 0.250. The fourth-order valence-corrected chi connectivity index (χ4v) is 3.02. The number of nitrogens with zero attached hydrogens (tertiary/aromatic N) is 2. The van der Waals surface area contributed by atoms with Crippen molar-refractivity contribution in [3.8, 4) is 6.07 Å². The Labute approximate surface area is 182 Å². The Balaban J connectivity index is 2.40. The lowest BCUT2D eigenvalue weighted by Crippen LogP contribution is -2.26. The van der Waals surface area contributed by atoms with E-state index < -0.39 is 22.8 Å². The van der Waals surface area contributed by atoms with Gasteiger partial charge >= 0.3 is 11.9 Å². The second kappa shape index (κ2) is 9.77. The SMILES string of the molecule is C=C(C)C(=O)OCCOC(=O)C1=C(C)OC(N)=C(C#N)[C@H]1c1cc([N+](=O)[O-])ccc1Cl. The zero-order valence-corrected chi connectivity index (χ0v) is 17.4. The summed E-state index contributed by atoms with van der Waals surface area (Å²) >= 11 is 6.24. The van der Waals surface area contributed by atoms with Gasteiger partial charge in [0.25, 0.3) is 5.69 Å². The van der Waals surface area contributed by atoms with Gasteiger partial charge in [-0.2, -0.15) is 5.26 Å². The maximum absolute atomic E-state index is 12.8. The van der Waals surface area contributed by atoms with Crippen LogP contribution >= 0.6 is 11.6 Å². The molecular weight excluding hydrogens is 430 g/mol. The van der Waals surface area contributed by atoms with Crippen molar-refractivity contribution in [1.82, 2.24) is 0 Å². The molecule has 1 atom stereocenters. The Hall–Kier alpha value is -3.84. The number of esters is 2. The number of benzene rings is 1. The summed E-state index contributed by atoms with van der Waals surface area (Å²) in [5, 5.41) is 20.9. The molecule has 2 rings (SSSR count). The van der Waals surface area contributed by atoms with Crippen LogP contribution in [0.15, 0.2) is 53.1 Å². The molecule has 1 aliphatic rings. The van der Waals surface area contributed by atoms with Crippen molar-refractivity contribution in [2.24, 2.45) is 5.73 Å². The summed E-state index contributed by atoms with van der Waals surface area (Å²) in [5.74, 6) is -2.92. The number of carbonyl (C=O) groups excluding carboxylic acids is 2. The van der Waals surface area contributed by atoms with Crippen molar-refractivity contribution in [2.45, 2.75) is 19.8 Å². The van der Waals surface area contributed by atoms with Gasteiger partial charge < -0.3 is 19.9 Å². The maximum Gasteiger partial charge on any atom is 0.338 e. The topological polar surface area (TPSA) is 155 Å². The first-order valence-corrected chi connectivity index (χ1v) is 9.18. The van der Waals surface area contributed by atoms with Gasteiger partial charge in [0.05, 0.1) is 16.4 Å². The van der Waals surface area contributed by atoms with Crippen molar-refractivity contribution >= 4 is 29.2 Å². The number of allylic oxidation sites excluding steroid dienone is 2. The van der Waals surface area contributed by atoms with Gasteiger partial charge in [-0.25, -0.2) is 9.59 Å². The molecule has 1 aromatic carbocycles. The lowest BCUT2D eigenvalue weighted by Gasteiger charge is -2.27. The Morgan fingerprint density at radius 3 is 2.61 bits per heavy atom. The molecule has 10 nitrogen and oxygen atoms in total. The van der Waals surface area contributed by atoms with E-state index >= 15 is 0 Å². The Kier molecular flexibility index (Phi) is 7.39. The van der Waals surface area contributed by atoms with Crippen LogP contribution in [0.2, 0.25) is 5.02 Å². The minimum Gasteiger partial charge on any atom is -0.459 e. The summed E-state index contributed by atoms with van der Waals surface area (Å²) in [4.78, 5) is 34.8. The van der Waals surface area contributed by atoms with E-state index in [0.717, 1.165) is 6.07 Å². The molecule has 1 aliphatic heterocycles. The normalized spacial score (nSPS) is 15.6. The predicted molar refractivity (Wildman–Crippen MR) is 108 cm³/mol. The third-order valence-electron chi connectivity index (χ3n) is 4.23. The minimum absolute atomic E-state index is 0.0352. The number of carbonyl (C=O) groups is 2. The smallest absolute Gasteiger partial charge is 0.338 e. The number of halogens is 1. The van der Waals surface area contributed by atoms with Crippen molar-refractivity contribution in [3.63, 3.8) is 0 Å². The monoisotopic (exact) mass is 447 g/mol. The van der Waals surface area contributed by atoms with Gasteiger partial charge in [-0.05, 0) is 25.5 Å². The number of hydrogen-bond donors (Lipinski definition) is 1. The number of nitrogens with two attached hydrogens (primary N) is 1. The van der Waals surface area contributed by atoms with Crippen LogP contribution in [0.3, 0.4) is 0 Å². The molecule has 0 unspecified atom stereocenters. The van der Waals surface area contributed by atoms with E-state index in [-0.39, 0.29) is 57.8 Å². The number of nitro benzene ring substituents is 1. The number of nitriles is 1. The molecule has 0 amide bonds. The summed E-state index contributed by atoms with van der Waals surface area (Å²) < 4.78 is 15.3. The fourth-order valence-electron chi connectivity index (χ4n) is 2.79. The molecule has 1 heterocycles. The summed E-state index contributed by atoms with van der Waals surface area (Å²) in [6, 6.07) is 5.48. The van der Waals surface area contributed by atoms with E-state index in [9.17, 15) is 25.0 Å². The van der Waals surface area contributed by atoms with E-state index in [1.54, 1.807) is 0 Å². The molecule has 11 heteroatoms. The van der Waals surface area contributed by atoms with Gasteiger partial charge in [-0.15, -0.1) is 0 Å².